The molecule has 0 aliphatic carbocycles. The van der Waals surface area contributed by atoms with Crippen LogP contribution in [-0.4, -0.2) is 23.2 Å². The van der Waals surface area contributed by atoms with Crippen molar-refractivity contribution in [2.24, 2.45) is 0 Å². The van der Waals surface area contributed by atoms with Crippen molar-refractivity contribution in [2.45, 2.75) is 0 Å². The summed E-state index contributed by atoms with van der Waals surface area (Å²) in [7, 11) is 0. The molecule has 0 amide bonds. The molecule has 1 radical (unpaired) electrons. The summed E-state index contributed by atoms with van der Waals surface area (Å²) in [5.41, 5.74) is 0. The Labute approximate surface area is 43.1 Å². The molecule has 0 N–H and O–H groups in total. The van der Waals surface area contributed by atoms with Gasteiger partial charge < -0.3 is 0 Å². The van der Waals surface area contributed by atoms with E-state index in [0.29, 0.717) is 0 Å². The Hall–Kier alpha value is 0.363. The van der Waals surface area contributed by atoms with Crippen molar-refractivity contribution >= 4 is 23.2 Å². The molecule has 0 bridgehead atoms. The number of hydrogen-bond acceptors (Lipinski definition) is 0. The van der Waals surface area contributed by atoms with Crippen molar-refractivity contribution in [3.63, 3.8) is 0 Å². The molecule has 1 heteroatoms. The van der Waals surface area contributed by atoms with E-state index in [0.717, 1.165) is 0 Å². The number of allylic oxidation sites excluding steroid dienone is 2. The predicted molar refractivity (Wildman–Crippen MR) is 24.0 cm³/mol. The Morgan fingerprint density at radius 3 is 1.80 bits per heavy atom. The van der Waals surface area contributed by atoms with Gasteiger partial charge in [-0.3, -0.25) is 0 Å². The van der Waals surface area contributed by atoms with Gasteiger partial charge in [-0.25, -0.2) is 0 Å². The van der Waals surface area contributed by atoms with Crippen molar-refractivity contribution in [3.05, 3.63) is 19.7 Å². The van der Waals surface area contributed by atoms with Gasteiger partial charge in [-0.05, 0) is 0 Å². The number of hydrogen-bond donors (Lipinski definition) is 0. The van der Waals surface area contributed by atoms with Gasteiger partial charge >= 0.3 is 43.0 Å². The molecule has 0 unspecified atom stereocenters. The maximum absolute atomic E-state index is 2.31. The van der Waals surface area contributed by atoms with E-state index in [9.17, 15) is 0 Å². The standard InChI is InChI=1S/C4H4.Bi/c1-3-4-2;/h1-4H;. The van der Waals surface area contributed by atoms with Gasteiger partial charge in [-0.2, -0.15) is 0 Å². The average Bonchev–Trinajstić information content (AvgIpc) is 1.76. The Kier molecular flexibility index (Phi) is 1.22. The minimum atomic E-state index is -0.105. The van der Waals surface area contributed by atoms with Crippen LogP contribution in [0, 0.1) is 0 Å². The summed E-state index contributed by atoms with van der Waals surface area (Å²) in [6.45, 7) is 0. The molecule has 25 valence electrons. The van der Waals surface area contributed by atoms with Gasteiger partial charge in [0.25, 0.3) is 0 Å². The van der Waals surface area contributed by atoms with Crippen LogP contribution in [0.2, 0.25) is 0 Å². The molecule has 0 saturated heterocycles. The molecule has 1 heterocycles. The van der Waals surface area contributed by atoms with E-state index in [4.69, 9.17) is 0 Å². The molecule has 1 aliphatic rings. The van der Waals surface area contributed by atoms with Gasteiger partial charge in [0.05, 0.1) is 0 Å². The summed E-state index contributed by atoms with van der Waals surface area (Å²) in [6, 6.07) is 0. The maximum atomic E-state index is 2.31. The quantitative estimate of drug-likeness (QED) is 0.564. The summed E-state index contributed by atoms with van der Waals surface area (Å²) in [4.78, 5) is 0. The number of rotatable bonds is 0. The van der Waals surface area contributed by atoms with E-state index in [1.807, 2.05) is 0 Å². The van der Waals surface area contributed by atoms with Gasteiger partial charge in [0.1, 0.15) is 0 Å². The van der Waals surface area contributed by atoms with Crippen molar-refractivity contribution in [1.29, 1.82) is 0 Å². The fraction of sp³-hybridized carbons (Fsp3) is 0. The molecule has 0 nitrogen and oxygen atoms in total. The van der Waals surface area contributed by atoms with Gasteiger partial charge in [0, 0.05) is 0 Å². The Balaban J connectivity index is 2.61. The van der Waals surface area contributed by atoms with Crippen LogP contribution in [0.3, 0.4) is 0 Å². The third-order valence-corrected chi connectivity index (χ3v) is 3.13. The topological polar surface area (TPSA) is 0 Å². The summed E-state index contributed by atoms with van der Waals surface area (Å²) < 4.78 is 4.61. The molecule has 5 heavy (non-hydrogen) atoms. The van der Waals surface area contributed by atoms with Crippen LogP contribution in [0.1, 0.15) is 0 Å². The van der Waals surface area contributed by atoms with Crippen molar-refractivity contribution in [2.75, 3.05) is 0 Å². The molecule has 1 rings (SSSR count). The van der Waals surface area contributed by atoms with E-state index >= 15 is 0 Å². The molecule has 0 saturated carbocycles. The Morgan fingerprint density at radius 1 is 1.00 bits per heavy atom. The first-order chi connectivity index (χ1) is 2.50. The van der Waals surface area contributed by atoms with E-state index in [-0.39, 0.29) is 23.2 Å². The molecule has 1 aliphatic heterocycles. The summed E-state index contributed by atoms with van der Waals surface area (Å²) in [5.74, 6) is 0. The van der Waals surface area contributed by atoms with Crippen LogP contribution >= 0.6 is 0 Å². The zero-order chi connectivity index (χ0) is 3.54. The fourth-order valence-electron chi connectivity index (χ4n) is 0.248. The Morgan fingerprint density at radius 2 is 1.60 bits per heavy atom. The van der Waals surface area contributed by atoms with Gasteiger partial charge in [-0.1, -0.05) is 0 Å². The zero-order valence-corrected chi connectivity index (χ0v) is 6.23. The molecular formula is C4H4Bi. The van der Waals surface area contributed by atoms with Crippen LogP contribution in [0.4, 0.5) is 0 Å². The predicted octanol–water partition coefficient (Wildman–Crippen LogP) is 0.732. The van der Waals surface area contributed by atoms with Gasteiger partial charge in [0.15, 0.2) is 0 Å². The van der Waals surface area contributed by atoms with Crippen molar-refractivity contribution < 1.29 is 0 Å². The van der Waals surface area contributed by atoms with Crippen LogP contribution in [0.5, 0.6) is 0 Å². The normalized spacial score (nSPS) is 17.6. The van der Waals surface area contributed by atoms with E-state index < -0.39 is 0 Å². The van der Waals surface area contributed by atoms with Crippen LogP contribution in [0.15, 0.2) is 19.7 Å². The second-order valence-corrected chi connectivity index (χ2v) is 4.31. The molecule has 0 aromatic carbocycles. The molecule has 0 aromatic heterocycles. The molecular weight excluding hydrogens is 257 g/mol. The monoisotopic (exact) mass is 261 g/mol. The van der Waals surface area contributed by atoms with Crippen molar-refractivity contribution in [3.8, 4) is 0 Å². The molecule has 0 fully saturated rings. The van der Waals surface area contributed by atoms with Crippen LogP contribution < -0.4 is 0 Å². The first kappa shape index (κ1) is 3.55. The van der Waals surface area contributed by atoms with E-state index in [2.05, 4.69) is 19.7 Å². The second-order valence-electron chi connectivity index (χ2n) is 0.832. The van der Waals surface area contributed by atoms with Crippen molar-refractivity contribution in [1.82, 2.24) is 0 Å². The third-order valence-electron chi connectivity index (χ3n) is 0.455. The van der Waals surface area contributed by atoms with Crippen LogP contribution in [0.25, 0.3) is 0 Å². The molecule has 0 spiro atoms. The Bertz CT molecular complexity index is 61.7. The average molecular weight is 261 g/mol. The van der Waals surface area contributed by atoms with Crippen LogP contribution in [-0.2, 0) is 0 Å². The zero-order valence-electron chi connectivity index (χ0n) is 2.76. The van der Waals surface area contributed by atoms with E-state index in [1.54, 1.807) is 0 Å². The van der Waals surface area contributed by atoms with Gasteiger partial charge in [-0.15, -0.1) is 0 Å². The third kappa shape index (κ3) is 0.847. The van der Waals surface area contributed by atoms with Gasteiger partial charge in [0.2, 0.25) is 0 Å². The minimum absolute atomic E-state index is 0.105. The first-order valence-corrected chi connectivity index (χ1v) is 5.53. The fourth-order valence-corrected chi connectivity index (χ4v) is 2.18. The second kappa shape index (κ2) is 1.72. The molecule has 0 aromatic rings. The van der Waals surface area contributed by atoms with E-state index in [1.165, 1.54) is 0 Å². The summed E-state index contributed by atoms with van der Waals surface area (Å²) in [5, 5.41) is 0. The summed E-state index contributed by atoms with van der Waals surface area (Å²) in [6.07, 6.45) is 4.27. The molecule has 0 atom stereocenters. The first-order valence-electron chi connectivity index (χ1n) is 1.52. The SMILES string of the molecule is C1=[CH][Bi][CH]=C1. The summed E-state index contributed by atoms with van der Waals surface area (Å²) >= 11 is -0.105.